The van der Waals surface area contributed by atoms with Gasteiger partial charge in [-0.2, -0.15) is 20.5 Å². The third-order valence-corrected chi connectivity index (χ3v) is 7.41. The zero-order chi connectivity index (χ0) is 30.7. The van der Waals surface area contributed by atoms with Gasteiger partial charge in [0, 0.05) is 0 Å². The average molecular weight is 591 g/mol. The predicted molar refractivity (Wildman–Crippen MR) is 181 cm³/mol. The van der Waals surface area contributed by atoms with Crippen molar-refractivity contribution in [1.29, 1.82) is 0 Å². The largest absolute Gasteiger partial charge is 0.494 e. The Kier molecular flexibility index (Phi) is 14.1. The first kappa shape index (κ1) is 32.6. The summed E-state index contributed by atoms with van der Waals surface area (Å²) in [4.78, 5) is 0. The molecule has 0 fully saturated rings. The Bertz CT molecular complexity index is 1400. The molecule has 4 aromatic carbocycles. The van der Waals surface area contributed by atoms with Crippen molar-refractivity contribution in [3.8, 4) is 11.5 Å². The van der Waals surface area contributed by atoms with Crippen LogP contribution in [-0.2, 0) is 12.8 Å². The van der Waals surface area contributed by atoms with Crippen LogP contribution in [0.1, 0.15) is 76.3 Å². The number of benzene rings is 4. The van der Waals surface area contributed by atoms with Gasteiger partial charge in [-0.25, -0.2) is 0 Å². The van der Waals surface area contributed by atoms with Crippen LogP contribution in [0.25, 0.3) is 0 Å². The van der Waals surface area contributed by atoms with Gasteiger partial charge < -0.3 is 9.47 Å². The molecule has 0 atom stereocenters. The Balaban J connectivity index is 1.05. The summed E-state index contributed by atoms with van der Waals surface area (Å²) >= 11 is 0. The quantitative estimate of drug-likeness (QED) is 0.0805. The van der Waals surface area contributed by atoms with Crippen LogP contribution in [0.4, 0.5) is 22.7 Å². The number of unbranched alkanes of at least 4 members (excludes halogenated alkanes) is 6. The van der Waals surface area contributed by atoms with Crippen LogP contribution in [0, 0.1) is 0 Å². The normalized spacial score (nSPS) is 11.4. The second-order valence-corrected chi connectivity index (χ2v) is 11.0. The molecule has 0 bridgehead atoms. The molecule has 6 nitrogen and oxygen atoms in total. The van der Waals surface area contributed by atoms with Gasteiger partial charge in [-0.1, -0.05) is 57.4 Å². The lowest BCUT2D eigenvalue weighted by atomic mass is 10.1. The summed E-state index contributed by atoms with van der Waals surface area (Å²) in [6.07, 6.45) is 11.5. The summed E-state index contributed by atoms with van der Waals surface area (Å²) < 4.78 is 11.8. The molecule has 0 N–H and O–H groups in total. The van der Waals surface area contributed by atoms with Gasteiger partial charge in [0.25, 0.3) is 0 Å². The third kappa shape index (κ3) is 12.1. The molecule has 0 aliphatic carbocycles. The van der Waals surface area contributed by atoms with Crippen molar-refractivity contribution in [2.45, 2.75) is 78.1 Å². The van der Waals surface area contributed by atoms with Crippen LogP contribution in [0.2, 0.25) is 0 Å². The fourth-order valence-electron chi connectivity index (χ4n) is 4.67. The molecule has 0 radical (unpaired) electrons. The number of azo groups is 2. The molecule has 0 aromatic heterocycles. The van der Waals surface area contributed by atoms with Gasteiger partial charge in [-0.3, -0.25) is 0 Å². The molecule has 0 amide bonds. The van der Waals surface area contributed by atoms with E-state index >= 15 is 0 Å². The van der Waals surface area contributed by atoms with E-state index in [4.69, 9.17) is 9.47 Å². The van der Waals surface area contributed by atoms with Gasteiger partial charge in [-0.15, -0.1) is 0 Å². The lowest BCUT2D eigenvalue weighted by Gasteiger charge is -2.07. The first-order chi connectivity index (χ1) is 21.7. The molecule has 4 rings (SSSR count). The summed E-state index contributed by atoms with van der Waals surface area (Å²) in [5.41, 5.74) is 6.02. The maximum absolute atomic E-state index is 5.91. The summed E-state index contributed by atoms with van der Waals surface area (Å²) in [5, 5.41) is 17.4. The summed E-state index contributed by atoms with van der Waals surface area (Å²) in [6.45, 7) is 5.78. The maximum atomic E-state index is 5.91. The molecule has 0 aliphatic rings. The van der Waals surface area contributed by atoms with E-state index in [1.165, 1.54) is 36.8 Å². The topological polar surface area (TPSA) is 67.9 Å². The van der Waals surface area contributed by atoms with E-state index in [-0.39, 0.29) is 0 Å². The van der Waals surface area contributed by atoms with Crippen molar-refractivity contribution in [2.75, 3.05) is 13.2 Å². The first-order valence-corrected chi connectivity index (χ1v) is 16.2. The van der Waals surface area contributed by atoms with E-state index in [2.05, 4.69) is 58.6 Å². The van der Waals surface area contributed by atoms with Gasteiger partial charge in [-0.05, 0) is 129 Å². The summed E-state index contributed by atoms with van der Waals surface area (Å²) in [7, 11) is 0. The molecule has 0 spiro atoms. The zero-order valence-corrected chi connectivity index (χ0v) is 26.3. The van der Waals surface area contributed by atoms with Crippen molar-refractivity contribution in [2.24, 2.45) is 20.5 Å². The molecule has 0 aliphatic heterocycles. The molecule has 230 valence electrons. The highest BCUT2D eigenvalue weighted by Gasteiger charge is 2.00. The van der Waals surface area contributed by atoms with Crippen LogP contribution >= 0.6 is 0 Å². The van der Waals surface area contributed by atoms with Crippen LogP contribution < -0.4 is 9.47 Å². The molecule has 0 heterocycles. The van der Waals surface area contributed by atoms with E-state index in [0.717, 1.165) is 72.8 Å². The minimum Gasteiger partial charge on any atom is -0.494 e. The SMILES string of the molecule is CCCCCCc1ccc(N=Nc2ccc(OCCCCCCOc3ccc(N=Nc4ccc(CC)cc4)cc3)cc2)cc1. The van der Waals surface area contributed by atoms with Crippen molar-refractivity contribution in [3.05, 3.63) is 108 Å². The molecule has 0 unspecified atom stereocenters. The van der Waals surface area contributed by atoms with E-state index in [9.17, 15) is 0 Å². The van der Waals surface area contributed by atoms with Crippen LogP contribution in [0.15, 0.2) is 118 Å². The first-order valence-electron chi connectivity index (χ1n) is 16.2. The Morgan fingerprint density at radius 2 is 0.795 bits per heavy atom. The highest BCUT2D eigenvalue weighted by atomic mass is 16.5. The fraction of sp³-hybridized carbons (Fsp3) is 0.368. The predicted octanol–water partition coefficient (Wildman–Crippen LogP) is 12.2. The lowest BCUT2D eigenvalue weighted by molar-refractivity contribution is 0.287. The smallest absolute Gasteiger partial charge is 0.119 e. The summed E-state index contributed by atoms with van der Waals surface area (Å²) in [6, 6.07) is 32.1. The number of ether oxygens (including phenoxy) is 2. The van der Waals surface area contributed by atoms with E-state index in [1.54, 1.807) is 0 Å². The van der Waals surface area contributed by atoms with Crippen molar-refractivity contribution in [3.63, 3.8) is 0 Å². The Labute approximate surface area is 263 Å². The van der Waals surface area contributed by atoms with Crippen LogP contribution in [0.3, 0.4) is 0 Å². The van der Waals surface area contributed by atoms with Crippen molar-refractivity contribution in [1.82, 2.24) is 0 Å². The third-order valence-electron chi connectivity index (χ3n) is 7.41. The van der Waals surface area contributed by atoms with Gasteiger partial charge >= 0.3 is 0 Å². The minimum atomic E-state index is 0.699. The van der Waals surface area contributed by atoms with Crippen molar-refractivity contribution < 1.29 is 9.47 Å². The van der Waals surface area contributed by atoms with Gasteiger partial charge in [0.2, 0.25) is 0 Å². The lowest BCUT2D eigenvalue weighted by Crippen LogP contribution is -1.99. The number of nitrogens with zero attached hydrogens (tertiary/aromatic N) is 4. The van der Waals surface area contributed by atoms with Crippen molar-refractivity contribution >= 4 is 22.7 Å². The zero-order valence-electron chi connectivity index (χ0n) is 26.3. The van der Waals surface area contributed by atoms with E-state index in [0.29, 0.717) is 13.2 Å². The highest BCUT2D eigenvalue weighted by molar-refractivity contribution is 5.44. The second-order valence-electron chi connectivity index (χ2n) is 11.0. The number of hydrogen-bond donors (Lipinski definition) is 0. The highest BCUT2D eigenvalue weighted by Crippen LogP contribution is 2.24. The Hall–Kier alpha value is -4.32. The fourth-order valence-corrected chi connectivity index (χ4v) is 4.67. The molecule has 0 saturated carbocycles. The molecule has 4 aromatic rings. The number of rotatable bonds is 19. The Morgan fingerprint density at radius 3 is 1.20 bits per heavy atom. The monoisotopic (exact) mass is 590 g/mol. The van der Waals surface area contributed by atoms with Crippen LogP contribution in [0.5, 0.6) is 11.5 Å². The molecule has 44 heavy (non-hydrogen) atoms. The molecule has 0 saturated heterocycles. The molecular formula is C38H46N4O2. The van der Waals surface area contributed by atoms with E-state index in [1.807, 2.05) is 72.8 Å². The minimum absolute atomic E-state index is 0.699. The molecular weight excluding hydrogens is 544 g/mol. The summed E-state index contributed by atoms with van der Waals surface area (Å²) in [5.74, 6) is 1.71. The number of aryl methyl sites for hydroxylation is 2. The van der Waals surface area contributed by atoms with E-state index < -0.39 is 0 Å². The second kappa shape index (κ2) is 19.1. The van der Waals surface area contributed by atoms with Gasteiger partial charge in [0.05, 0.1) is 36.0 Å². The van der Waals surface area contributed by atoms with Gasteiger partial charge in [0.1, 0.15) is 11.5 Å². The number of hydrogen-bond acceptors (Lipinski definition) is 6. The standard InChI is InChI=1S/C38H46N4O2/c1-3-5-6-9-12-32-15-19-34(20-16-32)40-42-36-23-27-38(28-24-36)44-30-11-8-7-10-29-43-37-25-21-35(22-26-37)41-39-33-17-13-31(4-2)14-18-33/h13-28H,3-12,29-30H2,1-2H3. The molecule has 6 heteroatoms. The maximum Gasteiger partial charge on any atom is 0.119 e. The van der Waals surface area contributed by atoms with Crippen LogP contribution in [-0.4, -0.2) is 13.2 Å². The van der Waals surface area contributed by atoms with Gasteiger partial charge in [0.15, 0.2) is 0 Å². The average Bonchev–Trinajstić information content (AvgIpc) is 3.08. The Morgan fingerprint density at radius 1 is 0.409 bits per heavy atom.